The number of carbonyl (C=O) groups excluding carboxylic acids is 2. The number of hydrogen-bond donors (Lipinski definition) is 2. The molecule has 0 aliphatic carbocycles. The molecule has 0 atom stereocenters. The zero-order valence-corrected chi connectivity index (χ0v) is 17.5. The third kappa shape index (κ3) is 4.26. The van der Waals surface area contributed by atoms with Gasteiger partial charge >= 0.3 is 0 Å². The summed E-state index contributed by atoms with van der Waals surface area (Å²) in [6, 6.07) is 7.63. The molecule has 0 radical (unpaired) electrons. The third-order valence-electron chi connectivity index (χ3n) is 4.65. The van der Waals surface area contributed by atoms with E-state index in [2.05, 4.69) is 10.9 Å². The second-order valence-corrected chi connectivity index (χ2v) is 9.69. The Hall–Kier alpha value is -2.23. The maximum Gasteiger partial charge on any atom is 0.279 e. The van der Waals surface area contributed by atoms with Crippen molar-refractivity contribution in [1.82, 2.24) is 15.2 Å². The lowest BCUT2D eigenvalue weighted by molar-refractivity contribution is 0.0848. The SMILES string of the molecule is CCc1sc(C(=O)NNC(=O)c2cccc(S(=O)(=O)N3CCCC3)c2)cc1C. The number of hydrogen-bond acceptors (Lipinski definition) is 5. The number of rotatable bonds is 5. The number of aryl methyl sites for hydroxylation is 2. The quantitative estimate of drug-likeness (QED) is 0.725. The van der Waals surface area contributed by atoms with Gasteiger partial charge < -0.3 is 0 Å². The molecule has 150 valence electrons. The molecule has 7 nitrogen and oxygen atoms in total. The lowest BCUT2D eigenvalue weighted by Gasteiger charge is -2.16. The van der Waals surface area contributed by atoms with E-state index >= 15 is 0 Å². The van der Waals surface area contributed by atoms with Crippen LogP contribution in [0, 0.1) is 6.92 Å². The Bertz CT molecular complexity index is 992. The highest BCUT2D eigenvalue weighted by molar-refractivity contribution is 7.89. The van der Waals surface area contributed by atoms with Crippen LogP contribution in [0.25, 0.3) is 0 Å². The lowest BCUT2D eigenvalue weighted by Crippen LogP contribution is -2.41. The number of sulfonamides is 1. The average Bonchev–Trinajstić information content (AvgIpc) is 3.36. The van der Waals surface area contributed by atoms with Gasteiger partial charge in [-0.2, -0.15) is 4.31 Å². The van der Waals surface area contributed by atoms with Crippen LogP contribution in [-0.4, -0.2) is 37.6 Å². The number of nitrogens with one attached hydrogen (secondary N) is 2. The minimum Gasteiger partial charge on any atom is -0.267 e. The van der Waals surface area contributed by atoms with Crippen molar-refractivity contribution in [3.8, 4) is 0 Å². The van der Waals surface area contributed by atoms with E-state index in [9.17, 15) is 18.0 Å². The van der Waals surface area contributed by atoms with E-state index in [-0.39, 0.29) is 10.5 Å². The first kappa shape index (κ1) is 20.5. The van der Waals surface area contributed by atoms with Crippen molar-refractivity contribution in [2.24, 2.45) is 0 Å². The summed E-state index contributed by atoms with van der Waals surface area (Å²) >= 11 is 1.39. The summed E-state index contributed by atoms with van der Waals surface area (Å²) in [5.41, 5.74) is 5.95. The van der Waals surface area contributed by atoms with Gasteiger partial charge in [-0.05, 0) is 56.0 Å². The van der Waals surface area contributed by atoms with Crippen molar-refractivity contribution in [3.05, 3.63) is 51.2 Å². The summed E-state index contributed by atoms with van der Waals surface area (Å²) < 4.78 is 26.7. The predicted molar refractivity (Wildman–Crippen MR) is 108 cm³/mol. The number of carbonyl (C=O) groups is 2. The maximum absolute atomic E-state index is 12.6. The number of benzene rings is 1. The summed E-state index contributed by atoms with van der Waals surface area (Å²) in [7, 11) is -3.61. The minimum atomic E-state index is -3.61. The van der Waals surface area contributed by atoms with Gasteiger partial charge in [0.25, 0.3) is 11.8 Å². The van der Waals surface area contributed by atoms with Crippen molar-refractivity contribution in [3.63, 3.8) is 0 Å². The highest BCUT2D eigenvalue weighted by Gasteiger charge is 2.27. The van der Waals surface area contributed by atoms with Crippen LogP contribution in [0.2, 0.25) is 0 Å². The molecule has 1 fully saturated rings. The van der Waals surface area contributed by atoms with Gasteiger partial charge in [-0.25, -0.2) is 8.42 Å². The van der Waals surface area contributed by atoms with Crippen LogP contribution in [0.1, 0.15) is 50.2 Å². The predicted octanol–water partition coefficient (Wildman–Crippen LogP) is 2.48. The normalized spacial score (nSPS) is 14.8. The molecule has 0 unspecified atom stereocenters. The third-order valence-corrected chi connectivity index (χ3v) is 7.93. The minimum absolute atomic E-state index is 0.0786. The van der Waals surface area contributed by atoms with Crippen LogP contribution in [0.5, 0.6) is 0 Å². The molecule has 1 saturated heterocycles. The molecule has 3 rings (SSSR count). The number of nitrogens with zero attached hydrogens (tertiary/aromatic N) is 1. The van der Waals surface area contributed by atoms with Gasteiger partial charge in [-0.3, -0.25) is 20.4 Å². The monoisotopic (exact) mass is 421 g/mol. The Morgan fingerprint density at radius 3 is 2.43 bits per heavy atom. The maximum atomic E-state index is 12.6. The van der Waals surface area contributed by atoms with E-state index in [0.29, 0.717) is 18.0 Å². The Labute approximate surface area is 168 Å². The van der Waals surface area contributed by atoms with E-state index in [1.54, 1.807) is 6.07 Å². The van der Waals surface area contributed by atoms with E-state index < -0.39 is 21.8 Å². The molecule has 0 spiro atoms. The fourth-order valence-electron chi connectivity index (χ4n) is 3.11. The second-order valence-electron chi connectivity index (χ2n) is 6.62. The van der Waals surface area contributed by atoms with Crippen molar-refractivity contribution in [2.45, 2.75) is 38.0 Å². The molecule has 1 aliphatic heterocycles. The van der Waals surface area contributed by atoms with Crippen LogP contribution >= 0.6 is 11.3 Å². The fourth-order valence-corrected chi connectivity index (χ4v) is 5.68. The number of thiophene rings is 1. The van der Waals surface area contributed by atoms with Crippen LogP contribution < -0.4 is 10.9 Å². The van der Waals surface area contributed by atoms with Crippen LogP contribution in [0.15, 0.2) is 35.2 Å². The first-order valence-corrected chi connectivity index (χ1v) is 11.4. The number of amides is 2. The first-order valence-electron chi connectivity index (χ1n) is 9.13. The molecule has 1 aromatic heterocycles. The summed E-state index contributed by atoms with van der Waals surface area (Å²) in [6.07, 6.45) is 2.52. The number of hydrazine groups is 1. The van der Waals surface area contributed by atoms with Crippen LogP contribution in [-0.2, 0) is 16.4 Å². The molecule has 28 heavy (non-hydrogen) atoms. The van der Waals surface area contributed by atoms with E-state index in [1.807, 2.05) is 13.8 Å². The summed E-state index contributed by atoms with van der Waals surface area (Å²) in [5.74, 6) is -0.974. The second kappa shape index (κ2) is 8.42. The standard InChI is InChI=1S/C19H23N3O4S2/c1-3-16-13(2)11-17(27-16)19(24)21-20-18(23)14-7-6-8-15(12-14)28(25,26)22-9-4-5-10-22/h6-8,11-12H,3-5,9-10H2,1-2H3,(H,20,23)(H,21,24). The van der Waals surface area contributed by atoms with E-state index in [1.165, 1.54) is 39.9 Å². The Morgan fingerprint density at radius 1 is 1.11 bits per heavy atom. The summed E-state index contributed by atoms with van der Waals surface area (Å²) in [4.78, 5) is 26.3. The Balaban J connectivity index is 1.68. The van der Waals surface area contributed by atoms with Gasteiger partial charge in [0, 0.05) is 23.5 Å². The average molecular weight is 422 g/mol. The van der Waals surface area contributed by atoms with Crippen molar-refractivity contribution in [1.29, 1.82) is 0 Å². The lowest BCUT2D eigenvalue weighted by atomic mass is 10.2. The largest absolute Gasteiger partial charge is 0.279 e. The molecular weight excluding hydrogens is 398 g/mol. The molecule has 0 bridgehead atoms. The van der Waals surface area contributed by atoms with Gasteiger partial charge in [0.15, 0.2) is 0 Å². The molecule has 1 aromatic carbocycles. The highest BCUT2D eigenvalue weighted by atomic mass is 32.2. The van der Waals surface area contributed by atoms with Gasteiger partial charge in [0.1, 0.15) is 0 Å². The Morgan fingerprint density at radius 2 is 1.79 bits per heavy atom. The van der Waals surface area contributed by atoms with Crippen LogP contribution in [0.4, 0.5) is 0 Å². The Kier molecular flexibility index (Phi) is 6.17. The first-order chi connectivity index (χ1) is 13.3. The van der Waals surface area contributed by atoms with E-state index in [0.717, 1.165) is 29.7 Å². The van der Waals surface area contributed by atoms with Gasteiger partial charge in [-0.1, -0.05) is 13.0 Å². The van der Waals surface area contributed by atoms with Crippen molar-refractivity contribution < 1.29 is 18.0 Å². The highest BCUT2D eigenvalue weighted by Crippen LogP contribution is 2.23. The van der Waals surface area contributed by atoms with Gasteiger partial charge in [0.2, 0.25) is 10.0 Å². The fraction of sp³-hybridized carbons (Fsp3) is 0.368. The zero-order valence-electron chi connectivity index (χ0n) is 15.8. The van der Waals surface area contributed by atoms with Gasteiger partial charge in [-0.15, -0.1) is 11.3 Å². The van der Waals surface area contributed by atoms with E-state index in [4.69, 9.17) is 0 Å². The zero-order chi connectivity index (χ0) is 20.3. The summed E-state index contributed by atoms with van der Waals surface area (Å²) in [5, 5.41) is 0. The molecule has 2 amide bonds. The van der Waals surface area contributed by atoms with Crippen molar-refractivity contribution in [2.75, 3.05) is 13.1 Å². The molecule has 2 aromatic rings. The molecule has 9 heteroatoms. The molecule has 0 saturated carbocycles. The van der Waals surface area contributed by atoms with Crippen LogP contribution in [0.3, 0.4) is 0 Å². The molecule has 1 aliphatic rings. The topological polar surface area (TPSA) is 95.6 Å². The molecular formula is C19H23N3O4S2. The summed E-state index contributed by atoms with van der Waals surface area (Å²) in [6.45, 7) is 4.95. The smallest absolute Gasteiger partial charge is 0.267 e. The molecule has 2 heterocycles. The van der Waals surface area contributed by atoms with Gasteiger partial charge in [0.05, 0.1) is 9.77 Å². The van der Waals surface area contributed by atoms with Crippen molar-refractivity contribution >= 4 is 33.2 Å². The molecule has 2 N–H and O–H groups in total.